The number of fused-ring (bicyclic) bond motifs is 3. The minimum atomic E-state index is 0.230. The van der Waals surface area contributed by atoms with Crippen LogP contribution in [0.3, 0.4) is 0 Å². The summed E-state index contributed by atoms with van der Waals surface area (Å²) in [6.45, 7) is 0. The maximum atomic E-state index is 5.85. The van der Waals surface area contributed by atoms with E-state index in [1.807, 2.05) is 16.9 Å². The van der Waals surface area contributed by atoms with Gasteiger partial charge in [0.05, 0.1) is 11.9 Å². The molecule has 0 N–H and O–H groups in total. The van der Waals surface area contributed by atoms with E-state index in [-0.39, 0.29) is 5.28 Å². The highest BCUT2D eigenvalue weighted by Gasteiger charge is 2.23. The molecule has 4 rings (SSSR count). The van der Waals surface area contributed by atoms with Crippen LogP contribution in [0, 0.1) is 0 Å². The van der Waals surface area contributed by atoms with Crippen LogP contribution in [0.25, 0.3) is 17.1 Å². The predicted octanol–water partition coefficient (Wildman–Crippen LogP) is 2.89. The first-order valence-electron chi connectivity index (χ1n) is 5.97. The lowest BCUT2D eigenvalue weighted by atomic mass is 10.1. The summed E-state index contributed by atoms with van der Waals surface area (Å²) in [6.07, 6.45) is 4.45. The fourth-order valence-electron chi connectivity index (χ4n) is 2.53. The first-order chi connectivity index (χ1) is 9.33. The predicted molar refractivity (Wildman–Crippen MR) is 72.4 cm³/mol. The van der Waals surface area contributed by atoms with E-state index in [0.717, 1.165) is 12.1 Å². The average Bonchev–Trinajstić information content (AvgIpc) is 2.97. The van der Waals surface area contributed by atoms with Gasteiger partial charge in [0.25, 0.3) is 0 Å². The molecule has 2 aromatic heterocycles. The third-order valence-corrected chi connectivity index (χ3v) is 3.51. The zero-order valence-electron chi connectivity index (χ0n) is 9.92. The number of halogens is 1. The second-order valence-corrected chi connectivity index (χ2v) is 4.79. The Kier molecular flexibility index (Phi) is 2.19. The molecular formula is C14H9ClN4. The van der Waals surface area contributed by atoms with Crippen molar-refractivity contribution < 1.29 is 0 Å². The Labute approximate surface area is 114 Å². The van der Waals surface area contributed by atoms with Gasteiger partial charge in [0.2, 0.25) is 5.28 Å². The van der Waals surface area contributed by atoms with Crippen molar-refractivity contribution in [3.8, 4) is 17.1 Å². The van der Waals surface area contributed by atoms with Gasteiger partial charge in [-0.1, -0.05) is 24.3 Å². The van der Waals surface area contributed by atoms with Gasteiger partial charge < -0.3 is 0 Å². The van der Waals surface area contributed by atoms with Gasteiger partial charge in [0.1, 0.15) is 0 Å². The molecule has 19 heavy (non-hydrogen) atoms. The monoisotopic (exact) mass is 268 g/mol. The molecule has 5 heteroatoms. The maximum Gasteiger partial charge on any atom is 0.224 e. The van der Waals surface area contributed by atoms with Gasteiger partial charge in [-0.2, -0.15) is 10.1 Å². The quantitative estimate of drug-likeness (QED) is 0.499. The van der Waals surface area contributed by atoms with Crippen LogP contribution in [0.4, 0.5) is 0 Å². The fraction of sp³-hybridized carbons (Fsp3) is 0.0714. The summed E-state index contributed by atoms with van der Waals surface area (Å²) >= 11 is 5.85. The van der Waals surface area contributed by atoms with Crippen molar-refractivity contribution in [2.75, 3.05) is 0 Å². The average molecular weight is 269 g/mol. The van der Waals surface area contributed by atoms with Crippen molar-refractivity contribution in [1.82, 2.24) is 19.7 Å². The van der Waals surface area contributed by atoms with E-state index in [1.165, 1.54) is 16.7 Å². The van der Waals surface area contributed by atoms with Crippen molar-refractivity contribution in [3.05, 3.63) is 59.1 Å². The number of rotatable bonds is 1. The molecule has 4 nitrogen and oxygen atoms in total. The van der Waals surface area contributed by atoms with Crippen LogP contribution in [0.5, 0.6) is 0 Å². The van der Waals surface area contributed by atoms with Gasteiger partial charge in [0.15, 0.2) is 5.82 Å². The van der Waals surface area contributed by atoms with Gasteiger partial charge in [-0.05, 0) is 17.2 Å². The van der Waals surface area contributed by atoms with Crippen LogP contribution in [0.15, 0.2) is 42.7 Å². The molecule has 0 saturated heterocycles. The Morgan fingerprint density at radius 1 is 1.11 bits per heavy atom. The number of nitrogens with zero attached hydrogens (tertiary/aromatic N) is 4. The van der Waals surface area contributed by atoms with E-state index in [2.05, 4.69) is 33.3 Å². The highest BCUT2D eigenvalue weighted by molar-refractivity contribution is 6.28. The van der Waals surface area contributed by atoms with E-state index in [4.69, 9.17) is 11.6 Å². The van der Waals surface area contributed by atoms with Crippen LogP contribution >= 0.6 is 11.6 Å². The van der Waals surface area contributed by atoms with Crippen LogP contribution in [0.1, 0.15) is 11.1 Å². The van der Waals surface area contributed by atoms with Gasteiger partial charge in [-0.25, -0.2) is 9.67 Å². The zero-order chi connectivity index (χ0) is 12.8. The lowest BCUT2D eigenvalue weighted by Gasteiger charge is -2.06. The molecule has 0 spiro atoms. The maximum absolute atomic E-state index is 5.85. The Bertz CT molecular complexity index is 779. The standard InChI is InChI=1S/C14H9ClN4/c15-14-16-6-5-12(18-14)19-13-10(8-17-19)7-9-3-1-2-4-11(9)13/h1-6,8H,7H2. The van der Waals surface area contributed by atoms with Crippen LogP contribution in [0.2, 0.25) is 5.28 Å². The summed E-state index contributed by atoms with van der Waals surface area (Å²) in [5, 5.41) is 4.65. The normalized spacial score (nSPS) is 12.3. The summed E-state index contributed by atoms with van der Waals surface area (Å²) in [4.78, 5) is 8.12. The van der Waals surface area contributed by atoms with Gasteiger partial charge in [-0.15, -0.1) is 0 Å². The molecule has 1 aliphatic rings. The van der Waals surface area contributed by atoms with Crippen molar-refractivity contribution in [3.63, 3.8) is 0 Å². The van der Waals surface area contributed by atoms with Crippen LogP contribution in [-0.2, 0) is 6.42 Å². The summed E-state index contributed by atoms with van der Waals surface area (Å²) < 4.78 is 1.83. The third-order valence-electron chi connectivity index (χ3n) is 3.33. The molecule has 0 radical (unpaired) electrons. The number of hydrogen-bond donors (Lipinski definition) is 0. The van der Waals surface area contributed by atoms with Crippen molar-refractivity contribution in [2.24, 2.45) is 0 Å². The lowest BCUT2D eigenvalue weighted by molar-refractivity contribution is 0.846. The Morgan fingerprint density at radius 2 is 2.00 bits per heavy atom. The van der Waals surface area contributed by atoms with Crippen molar-refractivity contribution in [1.29, 1.82) is 0 Å². The molecule has 92 valence electrons. The van der Waals surface area contributed by atoms with Gasteiger partial charge in [-0.3, -0.25) is 0 Å². The summed E-state index contributed by atoms with van der Waals surface area (Å²) in [6, 6.07) is 10.2. The van der Waals surface area contributed by atoms with Crippen LogP contribution in [-0.4, -0.2) is 19.7 Å². The third kappa shape index (κ3) is 1.57. The molecule has 1 aliphatic carbocycles. The van der Waals surface area contributed by atoms with Crippen molar-refractivity contribution >= 4 is 11.6 Å². The SMILES string of the molecule is Clc1nccc(-n2ncc3c2-c2ccccc2C3)n1. The highest BCUT2D eigenvalue weighted by Crippen LogP contribution is 2.37. The molecule has 0 atom stereocenters. The Morgan fingerprint density at radius 3 is 2.89 bits per heavy atom. The summed E-state index contributed by atoms with van der Waals surface area (Å²) in [7, 11) is 0. The molecule has 0 aliphatic heterocycles. The van der Waals surface area contributed by atoms with E-state index in [1.54, 1.807) is 12.3 Å². The molecule has 1 aromatic carbocycles. The molecule has 3 aromatic rings. The largest absolute Gasteiger partial charge is 0.226 e. The molecule has 0 amide bonds. The minimum Gasteiger partial charge on any atom is -0.226 e. The molecule has 0 saturated carbocycles. The minimum absolute atomic E-state index is 0.230. The van der Waals surface area contributed by atoms with Gasteiger partial charge >= 0.3 is 0 Å². The van der Waals surface area contributed by atoms with Gasteiger partial charge in [0, 0.05) is 29.8 Å². The van der Waals surface area contributed by atoms with E-state index >= 15 is 0 Å². The van der Waals surface area contributed by atoms with E-state index in [9.17, 15) is 0 Å². The molecule has 0 bridgehead atoms. The Balaban J connectivity index is 1.95. The molecular weight excluding hydrogens is 260 g/mol. The summed E-state index contributed by atoms with van der Waals surface area (Å²) in [5.74, 6) is 0.693. The topological polar surface area (TPSA) is 43.6 Å². The number of benzene rings is 1. The number of hydrogen-bond acceptors (Lipinski definition) is 3. The smallest absolute Gasteiger partial charge is 0.224 e. The van der Waals surface area contributed by atoms with E-state index < -0.39 is 0 Å². The molecule has 0 fully saturated rings. The zero-order valence-corrected chi connectivity index (χ0v) is 10.7. The first kappa shape index (κ1) is 10.7. The first-order valence-corrected chi connectivity index (χ1v) is 6.35. The molecule has 2 heterocycles. The Hall–Kier alpha value is -2.20. The molecule has 0 unspecified atom stereocenters. The summed E-state index contributed by atoms with van der Waals surface area (Å²) in [5.41, 5.74) is 4.86. The highest BCUT2D eigenvalue weighted by atomic mass is 35.5. The second-order valence-electron chi connectivity index (χ2n) is 4.45. The number of aromatic nitrogens is 4. The second kappa shape index (κ2) is 3.90. The van der Waals surface area contributed by atoms with Crippen molar-refractivity contribution in [2.45, 2.75) is 6.42 Å². The van der Waals surface area contributed by atoms with Crippen LogP contribution < -0.4 is 0 Å². The fourth-order valence-corrected chi connectivity index (χ4v) is 2.67. The van der Waals surface area contributed by atoms with E-state index in [0.29, 0.717) is 5.82 Å². The lowest BCUT2D eigenvalue weighted by Crippen LogP contribution is -2.02.